The highest BCUT2D eigenvalue weighted by atomic mass is 16.4. The van der Waals surface area contributed by atoms with Gasteiger partial charge in [0.05, 0.1) is 5.57 Å². The van der Waals surface area contributed by atoms with Gasteiger partial charge in [0.25, 0.3) is 0 Å². The van der Waals surface area contributed by atoms with Crippen molar-refractivity contribution in [2.75, 3.05) is 13.1 Å². The van der Waals surface area contributed by atoms with E-state index in [-0.39, 0.29) is 0 Å². The maximum Gasteiger partial charge on any atom is 0.336 e. The van der Waals surface area contributed by atoms with E-state index in [2.05, 4.69) is 17.0 Å². The number of rotatable bonds is 5. The van der Waals surface area contributed by atoms with Gasteiger partial charge in [-0.2, -0.15) is 0 Å². The third-order valence-electron chi connectivity index (χ3n) is 4.21. The van der Waals surface area contributed by atoms with Gasteiger partial charge in [-0.05, 0) is 48.7 Å². The molecule has 0 saturated carbocycles. The van der Waals surface area contributed by atoms with E-state index in [0.29, 0.717) is 5.57 Å². The highest BCUT2D eigenvalue weighted by Crippen LogP contribution is 2.19. The predicted molar refractivity (Wildman–Crippen MR) is 92.9 cm³/mol. The van der Waals surface area contributed by atoms with Crippen molar-refractivity contribution in [2.45, 2.75) is 19.4 Å². The molecule has 3 rings (SSSR count). The van der Waals surface area contributed by atoms with Crippen molar-refractivity contribution >= 4 is 17.6 Å². The fourth-order valence-corrected chi connectivity index (χ4v) is 2.97. The van der Waals surface area contributed by atoms with Crippen molar-refractivity contribution in [2.24, 2.45) is 0 Å². The highest BCUT2D eigenvalue weighted by molar-refractivity contribution is 6.20. The maximum absolute atomic E-state index is 11.5. The van der Waals surface area contributed by atoms with E-state index in [0.717, 1.165) is 17.7 Å². The molecule has 3 nitrogen and oxygen atoms in total. The number of hydrogen-bond donors (Lipinski definition) is 1. The quantitative estimate of drug-likeness (QED) is 0.672. The second kappa shape index (κ2) is 7.25. The fourth-order valence-electron chi connectivity index (χ4n) is 2.97. The van der Waals surface area contributed by atoms with Crippen LogP contribution in [0.5, 0.6) is 0 Å². The van der Waals surface area contributed by atoms with Gasteiger partial charge >= 0.3 is 5.97 Å². The summed E-state index contributed by atoms with van der Waals surface area (Å²) in [6.07, 6.45) is 4.32. The van der Waals surface area contributed by atoms with Gasteiger partial charge in [-0.15, -0.1) is 0 Å². The third-order valence-corrected chi connectivity index (χ3v) is 4.21. The molecule has 0 atom stereocenters. The van der Waals surface area contributed by atoms with Crippen molar-refractivity contribution < 1.29 is 9.90 Å². The minimum Gasteiger partial charge on any atom is -0.478 e. The predicted octanol–water partition coefficient (Wildman–Crippen LogP) is 3.91. The van der Waals surface area contributed by atoms with Gasteiger partial charge in [-0.3, -0.25) is 4.90 Å². The second-order valence-corrected chi connectivity index (χ2v) is 5.95. The van der Waals surface area contributed by atoms with Gasteiger partial charge in [-0.1, -0.05) is 54.6 Å². The molecule has 1 aliphatic heterocycles. The zero-order valence-electron chi connectivity index (χ0n) is 13.1. The lowest BCUT2D eigenvalue weighted by Crippen LogP contribution is -2.18. The molecule has 2 aromatic carbocycles. The molecule has 0 bridgehead atoms. The third kappa shape index (κ3) is 4.08. The Morgan fingerprint density at radius 1 is 1.00 bits per heavy atom. The molecular weight excluding hydrogens is 286 g/mol. The molecule has 0 spiro atoms. The molecule has 1 saturated heterocycles. The lowest BCUT2D eigenvalue weighted by Gasteiger charge is -2.14. The molecule has 3 heteroatoms. The van der Waals surface area contributed by atoms with E-state index in [1.807, 2.05) is 42.5 Å². The average molecular weight is 307 g/mol. The van der Waals surface area contributed by atoms with Crippen LogP contribution >= 0.6 is 0 Å². The maximum atomic E-state index is 11.5. The molecule has 0 aromatic heterocycles. The Morgan fingerprint density at radius 2 is 1.65 bits per heavy atom. The van der Waals surface area contributed by atoms with Crippen molar-refractivity contribution in [3.8, 4) is 0 Å². The number of benzene rings is 2. The highest BCUT2D eigenvalue weighted by Gasteiger charge is 2.12. The van der Waals surface area contributed by atoms with E-state index in [4.69, 9.17) is 0 Å². The van der Waals surface area contributed by atoms with E-state index in [9.17, 15) is 9.90 Å². The summed E-state index contributed by atoms with van der Waals surface area (Å²) in [6.45, 7) is 3.34. The molecule has 1 N–H and O–H groups in total. The van der Waals surface area contributed by atoms with Crippen LogP contribution in [-0.4, -0.2) is 29.1 Å². The van der Waals surface area contributed by atoms with Gasteiger partial charge < -0.3 is 5.11 Å². The number of hydrogen-bond acceptors (Lipinski definition) is 2. The fraction of sp³-hybridized carbons (Fsp3) is 0.250. The number of carboxylic acid groups (broad SMARTS) is 1. The molecule has 1 heterocycles. The molecule has 2 aromatic rings. The summed E-state index contributed by atoms with van der Waals surface area (Å²) in [7, 11) is 0. The molecule has 0 unspecified atom stereocenters. The van der Waals surface area contributed by atoms with E-state index < -0.39 is 5.97 Å². The zero-order chi connectivity index (χ0) is 16.1. The number of aliphatic carboxylic acids is 1. The van der Waals surface area contributed by atoms with Gasteiger partial charge in [0.15, 0.2) is 0 Å². The first-order chi connectivity index (χ1) is 11.2. The topological polar surface area (TPSA) is 40.5 Å². The SMILES string of the molecule is O=C(O)/C(=C/c1ccc(CN2CCCC2)cc1)c1ccccc1. The van der Waals surface area contributed by atoms with Crippen LogP contribution in [0, 0.1) is 0 Å². The first-order valence-electron chi connectivity index (χ1n) is 8.04. The molecule has 0 aliphatic carbocycles. The molecule has 1 aliphatic rings. The van der Waals surface area contributed by atoms with E-state index >= 15 is 0 Å². The summed E-state index contributed by atoms with van der Waals surface area (Å²) in [5.41, 5.74) is 3.23. The van der Waals surface area contributed by atoms with Gasteiger partial charge in [0.1, 0.15) is 0 Å². The Labute approximate surface area is 136 Å². The Kier molecular flexibility index (Phi) is 4.89. The zero-order valence-corrected chi connectivity index (χ0v) is 13.1. The van der Waals surface area contributed by atoms with Crippen LogP contribution < -0.4 is 0 Å². The van der Waals surface area contributed by atoms with Crippen molar-refractivity contribution in [3.05, 3.63) is 71.3 Å². The summed E-state index contributed by atoms with van der Waals surface area (Å²) >= 11 is 0. The average Bonchev–Trinajstić information content (AvgIpc) is 3.07. The van der Waals surface area contributed by atoms with Crippen molar-refractivity contribution in [1.29, 1.82) is 0 Å². The lowest BCUT2D eigenvalue weighted by atomic mass is 10.0. The van der Waals surface area contributed by atoms with Crippen LogP contribution in [0.3, 0.4) is 0 Å². The molecular formula is C20H21NO2. The molecule has 118 valence electrons. The van der Waals surface area contributed by atoms with Gasteiger partial charge in [0.2, 0.25) is 0 Å². The number of nitrogens with zero attached hydrogens (tertiary/aromatic N) is 1. The minimum absolute atomic E-state index is 0.317. The Balaban J connectivity index is 1.78. The van der Waals surface area contributed by atoms with Crippen LogP contribution in [-0.2, 0) is 11.3 Å². The van der Waals surface area contributed by atoms with Crippen LogP contribution in [0.2, 0.25) is 0 Å². The largest absolute Gasteiger partial charge is 0.478 e. The Morgan fingerprint density at radius 3 is 2.26 bits per heavy atom. The lowest BCUT2D eigenvalue weighted by molar-refractivity contribution is -0.130. The molecule has 23 heavy (non-hydrogen) atoms. The van der Waals surface area contributed by atoms with E-state index in [1.165, 1.54) is 31.5 Å². The smallest absolute Gasteiger partial charge is 0.336 e. The standard InChI is InChI=1S/C20H21NO2/c22-20(23)19(18-6-2-1-3-7-18)14-16-8-10-17(11-9-16)15-21-12-4-5-13-21/h1-3,6-11,14H,4-5,12-13,15H2,(H,22,23)/b19-14+. The summed E-state index contributed by atoms with van der Waals surface area (Å²) in [5.74, 6) is -0.905. The Bertz CT molecular complexity index is 683. The van der Waals surface area contributed by atoms with Gasteiger partial charge in [-0.25, -0.2) is 4.79 Å². The number of likely N-dealkylation sites (tertiary alicyclic amines) is 1. The summed E-state index contributed by atoms with van der Waals surface area (Å²) in [5, 5.41) is 9.46. The van der Waals surface area contributed by atoms with Crippen LogP contribution in [0.1, 0.15) is 29.5 Å². The van der Waals surface area contributed by atoms with Crippen LogP contribution in [0.25, 0.3) is 11.6 Å². The monoisotopic (exact) mass is 307 g/mol. The molecule has 0 amide bonds. The van der Waals surface area contributed by atoms with Crippen molar-refractivity contribution in [3.63, 3.8) is 0 Å². The van der Waals surface area contributed by atoms with Crippen LogP contribution in [0.4, 0.5) is 0 Å². The first-order valence-corrected chi connectivity index (χ1v) is 8.04. The van der Waals surface area contributed by atoms with Gasteiger partial charge in [0, 0.05) is 6.54 Å². The van der Waals surface area contributed by atoms with Crippen molar-refractivity contribution in [1.82, 2.24) is 4.90 Å². The first kappa shape index (κ1) is 15.5. The molecule has 0 radical (unpaired) electrons. The van der Waals surface area contributed by atoms with Crippen LogP contribution in [0.15, 0.2) is 54.6 Å². The second-order valence-electron chi connectivity index (χ2n) is 5.95. The Hall–Kier alpha value is -2.39. The normalized spacial score (nSPS) is 15.7. The van der Waals surface area contributed by atoms with E-state index in [1.54, 1.807) is 6.08 Å². The number of carboxylic acids is 1. The number of carbonyl (C=O) groups is 1. The molecule has 1 fully saturated rings. The summed E-state index contributed by atoms with van der Waals surface area (Å²) < 4.78 is 0. The minimum atomic E-state index is -0.905. The summed E-state index contributed by atoms with van der Waals surface area (Å²) in [4.78, 5) is 14.0. The summed E-state index contributed by atoms with van der Waals surface area (Å²) in [6, 6.07) is 17.4.